The molecule has 0 radical (unpaired) electrons. The summed E-state index contributed by atoms with van der Waals surface area (Å²) >= 11 is 3.59. The van der Waals surface area contributed by atoms with Crippen molar-refractivity contribution in [3.05, 3.63) is 93.2 Å². The van der Waals surface area contributed by atoms with Crippen molar-refractivity contribution in [2.75, 3.05) is 0 Å². The van der Waals surface area contributed by atoms with Gasteiger partial charge in [0.05, 0.1) is 22.1 Å². The molecule has 4 heteroatoms. The van der Waals surface area contributed by atoms with Crippen LogP contribution in [0.1, 0.15) is 5.56 Å². The Balaban J connectivity index is 2.16. The van der Waals surface area contributed by atoms with Gasteiger partial charge in [-0.2, -0.15) is 0 Å². The maximum atomic E-state index is 13.4. The van der Waals surface area contributed by atoms with E-state index in [9.17, 15) is 4.79 Å². The van der Waals surface area contributed by atoms with E-state index in [0.29, 0.717) is 5.39 Å². The number of para-hydroxylation sites is 2. The summed E-state index contributed by atoms with van der Waals surface area (Å²) in [6.07, 6.45) is 0. The average molecular weight is 403 g/mol. The number of hydrogen-bond donors (Lipinski definition) is 0. The summed E-state index contributed by atoms with van der Waals surface area (Å²) in [5.41, 5.74) is 4.90. The van der Waals surface area contributed by atoms with Crippen LogP contribution in [0.15, 0.2) is 82.1 Å². The second-order valence-corrected chi connectivity index (χ2v) is 7.35. The minimum absolute atomic E-state index is 0.00396. The quantitative estimate of drug-likeness (QED) is 0.365. The third kappa shape index (κ3) is 2.02. The normalized spacial score (nSPS) is 11.6. The predicted molar refractivity (Wildman–Crippen MR) is 110 cm³/mol. The third-order valence-corrected chi connectivity index (χ3v) is 5.45. The fourth-order valence-corrected chi connectivity index (χ4v) is 4.15. The molecule has 5 rings (SSSR count). The molecule has 0 atom stereocenters. The lowest BCUT2D eigenvalue weighted by atomic mass is 10.2. The molecule has 26 heavy (non-hydrogen) atoms. The van der Waals surface area contributed by atoms with Crippen LogP contribution < -0.4 is 5.56 Å². The lowest BCUT2D eigenvalue weighted by Gasteiger charge is -2.13. The lowest BCUT2D eigenvalue weighted by molar-refractivity contribution is 1.00. The topological polar surface area (TPSA) is 26.4 Å². The zero-order valence-electron chi connectivity index (χ0n) is 14.1. The first kappa shape index (κ1) is 15.4. The highest BCUT2D eigenvalue weighted by Crippen LogP contribution is 2.31. The van der Waals surface area contributed by atoms with Crippen LogP contribution in [0.4, 0.5) is 0 Å². The van der Waals surface area contributed by atoms with Gasteiger partial charge in [0.15, 0.2) is 0 Å². The minimum atomic E-state index is 0.00396. The van der Waals surface area contributed by atoms with Gasteiger partial charge in [-0.05, 0) is 43.3 Å². The molecule has 3 aromatic carbocycles. The maximum Gasteiger partial charge on any atom is 0.266 e. The lowest BCUT2D eigenvalue weighted by Crippen LogP contribution is -2.21. The summed E-state index contributed by atoms with van der Waals surface area (Å²) in [6, 6.07) is 23.9. The molecule has 0 saturated carbocycles. The highest BCUT2D eigenvalue weighted by molar-refractivity contribution is 9.10. The van der Waals surface area contributed by atoms with Gasteiger partial charge in [-0.15, -0.1) is 0 Å². The minimum Gasteiger partial charge on any atom is -0.294 e. The molecule has 0 unspecified atom stereocenters. The first-order chi connectivity index (χ1) is 12.7. The Bertz CT molecular complexity index is 1360. The van der Waals surface area contributed by atoms with Crippen LogP contribution in [0.3, 0.4) is 0 Å². The van der Waals surface area contributed by atoms with Crippen molar-refractivity contribution < 1.29 is 0 Å². The van der Waals surface area contributed by atoms with Crippen molar-refractivity contribution in [1.82, 2.24) is 8.97 Å². The number of nitrogens with zero attached hydrogens (tertiary/aromatic N) is 2. The number of aromatic nitrogens is 2. The van der Waals surface area contributed by atoms with E-state index in [4.69, 9.17) is 0 Å². The van der Waals surface area contributed by atoms with Gasteiger partial charge in [0.2, 0.25) is 0 Å². The van der Waals surface area contributed by atoms with Crippen LogP contribution in [-0.2, 0) is 0 Å². The van der Waals surface area contributed by atoms with E-state index in [1.165, 1.54) is 0 Å². The van der Waals surface area contributed by atoms with E-state index in [-0.39, 0.29) is 5.56 Å². The Morgan fingerprint density at radius 1 is 0.808 bits per heavy atom. The molecule has 2 heterocycles. The van der Waals surface area contributed by atoms with Crippen molar-refractivity contribution in [2.45, 2.75) is 6.92 Å². The van der Waals surface area contributed by atoms with E-state index in [1.54, 1.807) is 0 Å². The van der Waals surface area contributed by atoms with Crippen LogP contribution in [0.2, 0.25) is 0 Å². The molecule has 0 spiro atoms. The molecule has 0 bridgehead atoms. The van der Waals surface area contributed by atoms with Gasteiger partial charge in [0.1, 0.15) is 5.65 Å². The fourth-order valence-electron chi connectivity index (χ4n) is 3.80. The second-order valence-electron chi connectivity index (χ2n) is 6.44. The summed E-state index contributed by atoms with van der Waals surface area (Å²) in [5.74, 6) is 0. The molecule has 0 aliphatic heterocycles. The highest BCUT2D eigenvalue weighted by Gasteiger charge is 2.18. The van der Waals surface area contributed by atoms with Gasteiger partial charge in [0, 0.05) is 15.4 Å². The molecule has 0 N–H and O–H groups in total. The number of halogens is 1. The molecule has 2 aromatic heterocycles. The molecule has 0 saturated heterocycles. The van der Waals surface area contributed by atoms with Crippen molar-refractivity contribution >= 4 is 43.4 Å². The molecule has 0 aliphatic rings. The van der Waals surface area contributed by atoms with Crippen LogP contribution in [-0.4, -0.2) is 8.97 Å². The second kappa shape index (κ2) is 5.58. The summed E-state index contributed by atoms with van der Waals surface area (Å²) in [7, 11) is 0. The largest absolute Gasteiger partial charge is 0.294 e. The van der Waals surface area contributed by atoms with Crippen molar-refractivity contribution in [3.8, 4) is 5.69 Å². The van der Waals surface area contributed by atoms with Gasteiger partial charge in [0.25, 0.3) is 5.56 Å². The molecule has 0 aliphatic carbocycles. The summed E-state index contributed by atoms with van der Waals surface area (Å²) in [5, 5.41) is 1.86. The maximum absolute atomic E-state index is 13.4. The number of aryl methyl sites for hydroxylation is 1. The van der Waals surface area contributed by atoms with Crippen LogP contribution >= 0.6 is 15.9 Å². The number of benzene rings is 3. The fraction of sp³-hybridized carbons (Fsp3) is 0.0455. The SMILES string of the molecule is Cc1c2ccc(Br)cc2n2c3ccccc3c(=O)n(-c3ccccc3)c12. The first-order valence-corrected chi connectivity index (χ1v) is 9.25. The monoisotopic (exact) mass is 402 g/mol. The molecule has 126 valence electrons. The zero-order chi connectivity index (χ0) is 17.8. The summed E-state index contributed by atoms with van der Waals surface area (Å²) < 4.78 is 5.04. The number of fused-ring (bicyclic) bond motifs is 5. The van der Waals surface area contributed by atoms with Gasteiger partial charge in [-0.3, -0.25) is 13.8 Å². The molecule has 5 aromatic rings. The Kier molecular flexibility index (Phi) is 3.31. The summed E-state index contributed by atoms with van der Waals surface area (Å²) in [6.45, 7) is 2.08. The Labute approximate surface area is 158 Å². The number of hydrogen-bond acceptors (Lipinski definition) is 1. The van der Waals surface area contributed by atoms with Crippen LogP contribution in [0.5, 0.6) is 0 Å². The van der Waals surface area contributed by atoms with Crippen LogP contribution in [0, 0.1) is 6.92 Å². The Morgan fingerprint density at radius 2 is 1.54 bits per heavy atom. The van der Waals surface area contributed by atoms with Gasteiger partial charge in [-0.1, -0.05) is 52.3 Å². The highest BCUT2D eigenvalue weighted by atomic mass is 79.9. The van der Waals surface area contributed by atoms with E-state index < -0.39 is 0 Å². The van der Waals surface area contributed by atoms with Crippen molar-refractivity contribution in [3.63, 3.8) is 0 Å². The van der Waals surface area contributed by atoms with Crippen LogP contribution in [0.25, 0.3) is 33.1 Å². The summed E-state index contributed by atoms with van der Waals surface area (Å²) in [4.78, 5) is 13.4. The van der Waals surface area contributed by atoms with E-state index in [1.807, 2.05) is 65.2 Å². The zero-order valence-corrected chi connectivity index (χ0v) is 15.7. The Hall–Kier alpha value is -2.85. The van der Waals surface area contributed by atoms with Gasteiger partial charge < -0.3 is 0 Å². The molecular weight excluding hydrogens is 388 g/mol. The molecular formula is C22H15BrN2O. The van der Waals surface area contributed by atoms with Crippen molar-refractivity contribution in [2.24, 2.45) is 0 Å². The van der Waals surface area contributed by atoms with E-state index in [0.717, 1.165) is 37.8 Å². The Morgan fingerprint density at radius 3 is 2.35 bits per heavy atom. The smallest absolute Gasteiger partial charge is 0.266 e. The van der Waals surface area contributed by atoms with Gasteiger partial charge in [-0.25, -0.2) is 0 Å². The number of rotatable bonds is 1. The third-order valence-electron chi connectivity index (χ3n) is 4.96. The molecule has 0 amide bonds. The van der Waals surface area contributed by atoms with Gasteiger partial charge >= 0.3 is 0 Å². The van der Waals surface area contributed by atoms with E-state index >= 15 is 0 Å². The average Bonchev–Trinajstić information content (AvgIpc) is 2.95. The first-order valence-electron chi connectivity index (χ1n) is 8.46. The standard InChI is InChI=1S/C22H15BrN2O/c1-14-17-12-11-15(23)13-20(17)25-19-10-6-5-9-18(19)22(26)24(21(14)25)16-7-3-2-4-8-16/h2-13H,1H3. The molecule has 0 fully saturated rings. The molecule has 3 nitrogen and oxygen atoms in total. The van der Waals surface area contributed by atoms with E-state index in [2.05, 4.69) is 39.4 Å². The predicted octanol–water partition coefficient (Wildman–Crippen LogP) is 5.47. The van der Waals surface area contributed by atoms with Crippen molar-refractivity contribution in [1.29, 1.82) is 0 Å².